The lowest BCUT2D eigenvalue weighted by molar-refractivity contribution is 0.284. The van der Waals surface area contributed by atoms with Crippen molar-refractivity contribution >= 4 is 33.4 Å². The van der Waals surface area contributed by atoms with Crippen LogP contribution in [0.2, 0.25) is 0 Å². The minimum absolute atomic E-state index is 0.0629. The Labute approximate surface area is 176 Å². The highest BCUT2D eigenvalue weighted by Crippen LogP contribution is 2.29. The number of para-hydroxylation sites is 2. The molecule has 0 bridgehead atoms. The molecule has 0 radical (unpaired) electrons. The summed E-state index contributed by atoms with van der Waals surface area (Å²) in [5.41, 5.74) is 3.54. The number of nitrogens with zero attached hydrogens (tertiary/aromatic N) is 2. The van der Waals surface area contributed by atoms with Crippen molar-refractivity contribution in [1.82, 2.24) is 9.38 Å². The van der Waals surface area contributed by atoms with Gasteiger partial charge >= 0.3 is 0 Å². The molecule has 0 saturated heterocycles. The van der Waals surface area contributed by atoms with E-state index in [0.29, 0.717) is 27.6 Å². The molecule has 0 unspecified atom stereocenters. The predicted molar refractivity (Wildman–Crippen MR) is 119 cm³/mol. The van der Waals surface area contributed by atoms with Gasteiger partial charge in [-0.25, -0.2) is 9.38 Å². The van der Waals surface area contributed by atoms with E-state index in [-0.39, 0.29) is 5.56 Å². The second-order valence-corrected chi connectivity index (χ2v) is 7.83. The van der Waals surface area contributed by atoms with E-state index in [9.17, 15) is 4.79 Å². The Hall–Kier alpha value is -3.64. The molecule has 2 heterocycles. The number of hydrogen-bond donors (Lipinski definition) is 0. The van der Waals surface area contributed by atoms with E-state index in [1.54, 1.807) is 11.5 Å². The van der Waals surface area contributed by atoms with Gasteiger partial charge in [-0.15, -0.1) is 0 Å². The number of imidazole rings is 1. The molecular formula is C24H18N2O3S. The van der Waals surface area contributed by atoms with Gasteiger partial charge in [-0.2, -0.15) is 0 Å². The summed E-state index contributed by atoms with van der Waals surface area (Å²) in [6, 6.07) is 23.3. The summed E-state index contributed by atoms with van der Waals surface area (Å²) < 4.78 is 13.7. The van der Waals surface area contributed by atoms with E-state index >= 15 is 0 Å². The van der Waals surface area contributed by atoms with Gasteiger partial charge < -0.3 is 9.47 Å². The van der Waals surface area contributed by atoms with Crippen molar-refractivity contribution in [2.45, 2.75) is 6.61 Å². The summed E-state index contributed by atoms with van der Waals surface area (Å²) in [4.78, 5) is 18.2. The molecule has 2 aromatic heterocycles. The van der Waals surface area contributed by atoms with Gasteiger partial charge in [0.25, 0.3) is 5.56 Å². The fraction of sp³-hybridized carbons (Fsp3) is 0.0833. The summed E-state index contributed by atoms with van der Waals surface area (Å²) in [7, 11) is 1.61. The lowest BCUT2D eigenvalue weighted by Gasteiger charge is -2.11. The van der Waals surface area contributed by atoms with Gasteiger partial charge in [0.15, 0.2) is 16.5 Å². The molecule has 0 atom stereocenters. The van der Waals surface area contributed by atoms with Crippen molar-refractivity contribution in [3.63, 3.8) is 0 Å². The highest BCUT2D eigenvalue weighted by atomic mass is 32.1. The van der Waals surface area contributed by atoms with E-state index in [1.165, 1.54) is 11.3 Å². The van der Waals surface area contributed by atoms with Gasteiger partial charge in [-0.05, 0) is 41.5 Å². The van der Waals surface area contributed by atoms with Crippen molar-refractivity contribution in [3.05, 3.63) is 98.8 Å². The molecule has 0 aliphatic carbocycles. The van der Waals surface area contributed by atoms with Gasteiger partial charge in [-0.1, -0.05) is 59.9 Å². The topological polar surface area (TPSA) is 52.8 Å². The van der Waals surface area contributed by atoms with E-state index < -0.39 is 0 Å². The molecule has 3 aromatic carbocycles. The number of rotatable bonds is 5. The first kappa shape index (κ1) is 18.4. The number of methoxy groups -OCH3 is 1. The normalized spacial score (nSPS) is 12.0. The van der Waals surface area contributed by atoms with E-state index in [4.69, 9.17) is 9.47 Å². The van der Waals surface area contributed by atoms with Gasteiger partial charge in [0, 0.05) is 0 Å². The minimum atomic E-state index is -0.0629. The fourth-order valence-corrected chi connectivity index (χ4v) is 4.38. The molecule has 0 saturated carbocycles. The van der Waals surface area contributed by atoms with Crippen LogP contribution < -0.4 is 19.6 Å². The molecule has 0 spiro atoms. The zero-order chi connectivity index (χ0) is 20.5. The second-order valence-electron chi connectivity index (χ2n) is 6.82. The van der Waals surface area contributed by atoms with E-state index in [2.05, 4.69) is 4.98 Å². The predicted octanol–water partition coefficient (Wildman–Crippen LogP) is 4.04. The van der Waals surface area contributed by atoms with Crippen molar-refractivity contribution in [3.8, 4) is 11.5 Å². The first-order valence-corrected chi connectivity index (χ1v) is 10.3. The van der Waals surface area contributed by atoms with E-state index in [1.807, 2.05) is 78.9 Å². The third-order valence-corrected chi connectivity index (χ3v) is 5.84. The molecule has 0 aliphatic rings. The summed E-state index contributed by atoms with van der Waals surface area (Å²) >= 11 is 1.38. The monoisotopic (exact) mass is 414 g/mol. The fourth-order valence-electron chi connectivity index (χ4n) is 3.39. The summed E-state index contributed by atoms with van der Waals surface area (Å²) in [5, 5.41) is 0. The Morgan fingerprint density at radius 2 is 1.80 bits per heavy atom. The van der Waals surface area contributed by atoms with Crippen molar-refractivity contribution < 1.29 is 9.47 Å². The minimum Gasteiger partial charge on any atom is -0.493 e. The Bertz CT molecular complexity index is 1450. The van der Waals surface area contributed by atoms with Crippen LogP contribution in [-0.4, -0.2) is 16.5 Å². The van der Waals surface area contributed by atoms with Crippen LogP contribution in [0.3, 0.4) is 0 Å². The SMILES string of the molecule is COc1cc(C=c2sc3nc4ccccc4n3c2=O)ccc1OCc1ccccc1. The Kier molecular flexibility index (Phi) is 4.69. The first-order chi connectivity index (χ1) is 14.7. The van der Waals surface area contributed by atoms with Gasteiger partial charge in [0.1, 0.15) is 6.61 Å². The summed E-state index contributed by atoms with van der Waals surface area (Å²) in [5.74, 6) is 1.28. The lowest BCUT2D eigenvalue weighted by Crippen LogP contribution is -2.22. The average molecular weight is 414 g/mol. The largest absolute Gasteiger partial charge is 0.493 e. The molecule has 148 valence electrons. The highest BCUT2D eigenvalue weighted by Gasteiger charge is 2.11. The Morgan fingerprint density at radius 1 is 1.00 bits per heavy atom. The zero-order valence-corrected chi connectivity index (χ0v) is 17.1. The smallest absolute Gasteiger partial charge is 0.274 e. The Morgan fingerprint density at radius 3 is 2.63 bits per heavy atom. The second kappa shape index (κ2) is 7.65. The number of aromatic nitrogens is 2. The molecule has 6 heteroatoms. The van der Waals surface area contributed by atoms with Crippen molar-refractivity contribution in [1.29, 1.82) is 0 Å². The number of ether oxygens (including phenoxy) is 2. The maximum Gasteiger partial charge on any atom is 0.274 e. The Balaban J connectivity index is 1.49. The number of thiazole rings is 1. The molecule has 0 N–H and O–H groups in total. The molecule has 30 heavy (non-hydrogen) atoms. The van der Waals surface area contributed by atoms with Crippen LogP contribution in [0.25, 0.3) is 22.1 Å². The molecule has 0 amide bonds. The van der Waals surface area contributed by atoms with Crippen LogP contribution in [0.1, 0.15) is 11.1 Å². The number of benzene rings is 3. The van der Waals surface area contributed by atoms with Crippen LogP contribution in [0.15, 0.2) is 77.6 Å². The summed E-state index contributed by atoms with van der Waals surface area (Å²) in [6.07, 6.45) is 1.86. The maximum absolute atomic E-state index is 12.9. The molecule has 5 nitrogen and oxygen atoms in total. The number of hydrogen-bond acceptors (Lipinski definition) is 5. The molecular weight excluding hydrogens is 396 g/mol. The highest BCUT2D eigenvalue weighted by molar-refractivity contribution is 7.15. The van der Waals surface area contributed by atoms with Gasteiger partial charge in [-0.3, -0.25) is 4.79 Å². The zero-order valence-electron chi connectivity index (χ0n) is 16.2. The quantitative estimate of drug-likeness (QED) is 0.436. The molecule has 0 aliphatic heterocycles. The van der Waals surface area contributed by atoms with Gasteiger partial charge in [0.2, 0.25) is 0 Å². The maximum atomic E-state index is 12.9. The van der Waals surface area contributed by atoms with Crippen molar-refractivity contribution in [2.75, 3.05) is 7.11 Å². The average Bonchev–Trinajstić information content (AvgIpc) is 3.29. The van der Waals surface area contributed by atoms with E-state index in [0.717, 1.165) is 22.2 Å². The molecule has 5 rings (SSSR count). The van der Waals surface area contributed by atoms with Crippen LogP contribution in [0.5, 0.6) is 11.5 Å². The van der Waals surface area contributed by atoms with Crippen LogP contribution in [0, 0.1) is 0 Å². The number of fused-ring (bicyclic) bond motifs is 3. The van der Waals surface area contributed by atoms with Gasteiger partial charge in [0.05, 0.1) is 22.7 Å². The standard InChI is InChI=1S/C24H18N2O3S/c1-28-21-13-17(11-12-20(21)29-15-16-7-3-2-4-8-16)14-22-23(27)26-19-10-6-5-9-18(19)25-24(26)30-22/h2-14H,15H2,1H3. The molecule has 5 aromatic rings. The lowest BCUT2D eigenvalue weighted by atomic mass is 10.2. The van der Waals surface area contributed by atoms with Crippen LogP contribution >= 0.6 is 11.3 Å². The third-order valence-electron chi connectivity index (χ3n) is 4.87. The van der Waals surface area contributed by atoms with Crippen LogP contribution in [-0.2, 0) is 6.61 Å². The van der Waals surface area contributed by atoms with Crippen LogP contribution in [0.4, 0.5) is 0 Å². The first-order valence-electron chi connectivity index (χ1n) is 9.49. The summed E-state index contributed by atoms with van der Waals surface area (Å²) in [6.45, 7) is 0.458. The van der Waals surface area contributed by atoms with Crippen molar-refractivity contribution in [2.24, 2.45) is 0 Å². The molecule has 0 fully saturated rings. The third kappa shape index (κ3) is 3.31.